The van der Waals surface area contributed by atoms with E-state index in [1.807, 2.05) is 0 Å². The molecule has 7 nitrogen and oxygen atoms in total. The summed E-state index contributed by atoms with van der Waals surface area (Å²) in [6.45, 7) is 0. The van der Waals surface area contributed by atoms with Gasteiger partial charge in [0.05, 0.1) is 17.4 Å². The number of nitrogens with two attached hydrogens (primary N) is 1. The third-order valence-electron chi connectivity index (χ3n) is 5.38. The van der Waals surface area contributed by atoms with Crippen molar-refractivity contribution in [3.05, 3.63) is 65.5 Å². The van der Waals surface area contributed by atoms with Gasteiger partial charge in [-0.25, -0.2) is 4.98 Å². The summed E-state index contributed by atoms with van der Waals surface area (Å²) in [7, 11) is 1.77. The standard InChI is InChI=1S/C23H22F3N5O2/c1-31-21(17(13-29-31)14-6-3-2-4-7-14)30-19-10-9-15(12-16(19)20(27)32)33-22-18(23(24,25)26)8-5-11-28-22/h5-6,8-13,30H,2-4,7H2,1H3,(H2,27,32). The second kappa shape index (κ2) is 8.97. The van der Waals surface area contributed by atoms with Crippen LogP contribution < -0.4 is 15.8 Å². The molecule has 2 heterocycles. The molecule has 0 atom stereocenters. The van der Waals surface area contributed by atoms with E-state index < -0.39 is 23.5 Å². The van der Waals surface area contributed by atoms with Gasteiger partial charge in [0, 0.05) is 18.8 Å². The average Bonchev–Trinajstić information content (AvgIpc) is 3.15. The van der Waals surface area contributed by atoms with Crippen LogP contribution in [0.2, 0.25) is 0 Å². The smallest absolute Gasteiger partial charge is 0.421 e. The van der Waals surface area contributed by atoms with E-state index in [4.69, 9.17) is 10.5 Å². The zero-order chi connectivity index (χ0) is 23.6. The fraction of sp³-hybridized carbons (Fsp3) is 0.261. The number of allylic oxidation sites excluding steroid dienone is 2. The van der Waals surface area contributed by atoms with E-state index in [0.717, 1.165) is 37.3 Å². The van der Waals surface area contributed by atoms with Gasteiger partial charge in [0.1, 0.15) is 17.1 Å². The lowest BCUT2D eigenvalue weighted by molar-refractivity contribution is -0.138. The van der Waals surface area contributed by atoms with E-state index in [0.29, 0.717) is 11.5 Å². The van der Waals surface area contributed by atoms with Crippen LogP contribution in [-0.4, -0.2) is 20.7 Å². The Hall–Kier alpha value is -3.82. The number of aryl methyl sites for hydroxylation is 1. The first-order chi connectivity index (χ1) is 15.7. The van der Waals surface area contributed by atoms with Crippen LogP contribution in [0.25, 0.3) is 5.57 Å². The third kappa shape index (κ3) is 4.84. The van der Waals surface area contributed by atoms with E-state index in [-0.39, 0.29) is 11.3 Å². The number of pyridine rings is 1. The van der Waals surface area contributed by atoms with Gasteiger partial charge < -0.3 is 15.8 Å². The Labute approximate surface area is 188 Å². The van der Waals surface area contributed by atoms with Gasteiger partial charge in [-0.3, -0.25) is 9.48 Å². The minimum absolute atomic E-state index is 0.00114. The molecule has 0 aliphatic heterocycles. The summed E-state index contributed by atoms with van der Waals surface area (Å²) >= 11 is 0. The van der Waals surface area contributed by atoms with Gasteiger partial charge in [-0.15, -0.1) is 0 Å². The Bertz CT molecular complexity index is 1220. The number of primary amides is 1. The molecule has 33 heavy (non-hydrogen) atoms. The van der Waals surface area contributed by atoms with Crippen molar-refractivity contribution in [2.75, 3.05) is 5.32 Å². The first kappa shape index (κ1) is 22.4. The predicted octanol–water partition coefficient (Wildman–Crippen LogP) is 5.43. The molecular weight excluding hydrogens is 435 g/mol. The lowest BCUT2D eigenvalue weighted by Crippen LogP contribution is -2.14. The summed E-state index contributed by atoms with van der Waals surface area (Å²) in [5.74, 6) is -0.693. The molecule has 0 spiro atoms. The average molecular weight is 457 g/mol. The summed E-state index contributed by atoms with van der Waals surface area (Å²) in [6, 6.07) is 6.30. The Balaban J connectivity index is 1.66. The highest BCUT2D eigenvalue weighted by atomic mass is 19.4. The number of carbonyl (C=O) groups excluding carboxylic acids is 1. The van der Waals surface area contributed by atoms with Crippen molar-refractivity contribution in [1.29, 1.82) is 0 Å². The molecular formula is C23H22F3N5O2. The van der Waals surface area contributed by atoms with Crippen LogP contribution in [0.5, 0.6) is 11.6 Å². The van der Waals surface area contributed by atoms with Crippen molar-refractivity contribution in [1.82, 2.24) is 14.8 Å². The SMILES string of the molecule is Cn1ncc(C2=CCCCC2)c1Nc1ccc(Oc2ncccc2C(F)(F)F)cc1C(N)=O. The molecule has 0 saturated heterocycles. The number of halogens is 3. The monoisotopic (exact) mass is 457 g/mol. The zero-order valence-corrected chi connectivity index (χ0v) is 17.8. The quantitative estimate of drug-likeness (QED) is 0.515. The highest BCUT2D eigenvalue weighted by Gasteiger charge is 2.35. The van der Waals surface area contributed by atoms with Crippen molar-refractivity contribution in [3.8, 4) is 11.6 Å². The number of rotatable bonds is 6. The van der Waals surface area contributed by atoms with Gasteiger partial charge in [-0.05, 0) is 61.6 Å². The van der Waals surface area contributed by atoms with Crippen LogP contribution >= 0.6 is 0 Å². The van der Waals surface area contributed by atoms with Crippen molar-refractivity contribution < 1.29 is 22.7 Å². The molecule has 1 aliphatic carbocycles. The maximum absolute atomic E-state index is 13.2. The maximum atomic E-state index is 13.2. The van der Waals surface area contributed by atoms with Crippen LogP contribution in [-0.2, 0) is 13.2 Å². The number of alkyl halides is 3. The number of hydrogen-bond donors (Lipinski definition) is 2. The number of benzene rings is 1. The van der Waals surface area contributed by atoms with Gasteiger partial charge in [0.15, 0.2) is 0 Å². The molecule has 1 amide bonds. The zero-order valence-electron chi connectivity index (χ0n) is 17.8. The van der Waals surface area contributed by atoms with Crippen molar-refractivity contribution in [2.45, 2.75) is 31.9 Å². The molecule has 0 saturated carbocycles. The molecule has 3 aromatic rings. The minimum atomic E-state index is -4.64. The van der Waals surface area contributed by atoms with Crippen LogP contribution in [0.1, 0.15) is 47.2 Å². The first-order valence-electron chi connectivity index (χ1n) is 10.4. The topological polar surface area (TPSA) is 95.1 Å². The molecule has 10 heteroatoms. The number of amides is 1. The number of carbonyl (C=O) groups is 1. The molecule has 3 N–H and O–H groups in total. The van der Waals surface area contributed by atoms with Crippen LogP contribution in [0.3, 0.4) is 0 Å². The molecule has 0 bridgehead atoms. The largest absolute Gasteiger partial charge is 0.438 e. The minimum Gasteiger partial charge on any atom is -0.438 e. The van der Waals surface area contributed by atoms with Gasteiger partial charge in [-0.1, -0.05) is 6.08 Å². The van der Waals surface area contributed by atoms with E-state index in [1.54, 1.807) is 17.9 Å². The second-order valence-corrected chi connectivity index (χ2v) is 7.66. The fourth-order valence-electron chi connectivity index (χ4n) is 3.73. The van der Waals surface area contributed by atoms with E-state index in [1.165, 1.54) is 36.0 Å². The molecule has 0 radical (unpaired) electrons. The third-order valence-corrected chi connectivity index (χ3v) is 5.38. The van der Waals surface area contributed by atoms with Crippen molar-refractivity contribution in [3.63, 3.8) is 0 Å². The summed E-state index contributed by atoms with van der Waals surface area (Å²) < 4.78 is 46.8. The van der Waals surface area contributed by atoms with E-state index in [9.17, 15) is 18.0 Å². The molecule has 0 fully saturated rings. The lowest BCUT2D eigenvalue weighted by Gasteiger charge is -2.17. The fourth-order valence-corrected chi connectivity index (χ4v) is 3.73. The highest BCUT2D eigenvalue weighted by Crippen LogP contribution is 2.38. The number of nitrogens with zero attached hydrogens (tertiary/aromatic N) is 3. The summed E-state index contributed by atoms with van der Waals surface area (Å²) in [6.07, 6.45) is 4.67. The van der Waals surface area contributed by atoms with Gasteiger partial charge in [-0.2, -0.15) is 18.3 Å². The summed E-state index contributed by atoms with van der Waals surface area (Å²) in [4.78, 5) is 15.8. The van der Waals surface area contributed by atoms with Gasteiger partial charge >= 0.3 is 6.18 Å². The number of ether oxygens (including phenoxy) is 1. The van der Waals surface area contributed by atoms with Crippen LogP contribution in [0, 0.1) is 0 Å². The number of hydrogen-bond acceptors (Lipinski definition) is 5. The summed E-state index contributed by atoms with van der Waals surface area (Å²) in [5.41, 5.74) is 7.08. The van der Waals surface area contributed by atoms with Crippen LogP contribution in [0.15, 0.2) is 48.8 Å². The van der Waals surface area contributed by atoms with Crippen molar-refractivity contribution in [2.24, 2.45) is 12.8 Å². The highest BCUT2D eigenvalue weighted by molar-refractivity contribution is 6.00. The Kier molecular flexibility index (Phi) is 6.08. The van der Waals surface area contributed by atoms with E-state index >= 15 is 0 Å². The predicted molar refractivity (Wildman–Crippen MR) is 117 cm³/mol. The Morgan fingerprint density at radius 2 is 2.06 bits per heavy atom. The first-order valence-corrected chi connectivity index (χ1v) is 10.4. The van der Waals surface area contributed by atoms with E-state index in [2.05, 4.69) is 21.5 Å². The normalized spacial score (nSPS) is 14.0. The summed E-state index contributed by atoms with van der Waals surface area (Å²) in [5, 5.41) is 7.53. The number of nitrogens with one attached hydrogen (secondary N) is 1. The molecule has 4 rings (SSSR count). The van der Waals surface area contributed by atoms with Gasteiger partial charge in [0.25, 0.3) is 5.91 Å². The Morgan fingerprint density at radius 1 is 1.24 bits per heavy atom. The number of aromatic nitrogens is 3. The van der Waals surface area contributed by atoms with Crippen LogP contribution in [0.4, 0.5) is 24.7 Å². The lowest BCUT2D eigenvalue weighted by atomic mass is 9.95. The van der Waals surface area contributed by atoms with Gasteiger partial charge in [0.2, 0.25) is 5.88 Å². The van der Waals surface area contributed by atoms with Crippen molar-refractivity contribution >= 4 is 23.0 Å². The number of anilines is 2. The molecule has 1 aliphatic rings. The molecule has 0 unspecified atom stereocenters. The molecule has 172 valence electrons. The maximum Gasteiger partial charge on any atom is 0.421 e. The molecule has 1 aromatic carbocycles. The Morgan fingerprint density at radius 3 is 2.76 bits per heavy atom. The second-order valence-electron chi connectivity index (χ2n) is 7.66. The molecule has 2 aromatic heterocycles.